The average Bonchev–Trinajstić information content (AvgIpc) is 2.29. The molecule has 1 saturated heterocycles. The van der Waals surface area contributed by atoms with Crippen molar-refractivity contribution in [3.63, 3.8) is 0 Å². The van der Waals surface area contributed by atoms with Crippen LogP contribution in [0.5, 0.6) is 5.75 Å². The predicted molar refractivity (Wildman–Crippen MR) is 64.2 cm³/mol. The second-order valence-corrected chi connectivity index (χ2v) is 5.39. The lowest BCUT2D eigenvalue weighted by Gasteiger charge is -2.33. The molecule has 1 fully saturated rings. The van der Waals surface area contributed by atoms with Crippen LogP contribution in [-0.4, -0.2) is 25.4 Å². The zero-order valence-electron chi connectivity index (χ0n) is 10.6. The van der Waals surface area contributed by atoms with E-state index in [9.17, 15) is 18.3 Å². The first-order valence-corrected chi connectivity index (χ1v) is 5.82. The van der Waals surface area contributed by atoms with Gasteiger partial charge in [-0.3, -0.25) is 0 Å². The van der Waals surface area contributed by atoms with Gasteiger partial charge in [-0.1, -0.05) is 13.8 Å². The molecule has 2 rings (SSSR count). The van der Waals surface area contributed by atoms with Gasteiger partial charge < -0.3 is 14.4 Å². The summed E-state index contributed by atoms with van der Waals surface area (Å²) >= 11 is 0. The van der Waals surface area contributed by atoms with E-state index in [2.05, 4.69) is 0 Å². The Hall–Kier alpha value is -1.21. The number of rotatable bonds is 1. The molecule has 1 aliphatic heterocycles. The van der Waals surface area contributed by atoms with Crippen LogP contribution in [0.1, 0.15) is 19.4 Å². The number of alkyl halides is 3. The zero-order valence-corrected chi connectivity index (χ0v) is 10.6. The van der Waals surface area contributed by atoms with E-state index in [-0.39, 0.29) is 16.6 Å². The molecule has 1 aromatic carbocycles. The minimum Gasteiger partial charge on any atom is -0.508 e. The van der Waals surface area contributed by atoms with Crippen molar-refractivity contribution < 1.29 is 27.6 Å². The highest BCUT2D eigenvalue weighted by molar-refractivity contribution is 6.62. The van der Waals surface area contributed by atoms with E-state index in [0.29, 0.717) is 13.2 Å². The minimum atomic E-state index is -4.46. The highest BCUT2D eigenvalue weighted by atomic mass is 19.4. The molecule has 0 bridgehead atoms. The maximum Gasteiger partial charge on any atom is 0.497 e. The molecule has 104 valence electrons. The molecule has 7 heteroatoms. The van der Waals surface area contributed by atoms with Gasteiger partial charge in [-0.15, -0.1) is 0 Å². The molecular weight excluding hydrogens is 260 g/mol. The fraction of sp³-hybridized carbons (Fsp3) is 0.500. The topological polar surface area (TPSA) is 38.7 Å². The molecule has 1 N–H and O–H groups in total. The van der Waals surface area contributed by atoms with E-state index >= 15 is 0 Å². The highest BCUT2D eigenvalue weighted by Gasteiger charge is 2.37. The van der Waals surface area contributed by atoms with E-state index < -0.39 is 18.9 Å². The fourth-order valence-electron chi connectivity index (χ4n) is 1.79. The number of phenolic OH excluding ortho intramolecular Hbond substituents is 1. The summed E-state index contributed by atoms with van der Waals surface area (Å²) in [6, 6.07) is 2.69. The summed E-state index contributed by atoms with van der Waals surface area (Å²) in [6.45, 7) is 4.56. The quantitative estimate of drug-likeness (QED) is 0.798. The van der Waals surface area contributed by atoms with Gasteiger partial charge >= 0.3 is 13.3 Å². The van der Waals surface area contributed by atoms with E-state index in [1.54, 1.807) is 0 Å². The van der Waals surface area contributed by atoms with Crippen molar-refractivity contribution >= 4 is 12.6 Å². The summed E-state index contributed by atoms with van der Waals surface area (Å²) in [5.74, 6) is -0.266. The molecule has 0 radical (unpaired) electrons. The van der Waals surface area contributed by atoms with Gasteiger partial charge in [0.15, 0.2) is 0 Å². The van der Waals surface area contributed by atoms with Crippen molar-refractivity contribution in [1.29, 1.82) is 0 Å². The Morgan fingerprint density at radius 3 is 2.32 bits per heavy atom. The molecule has 1 aromatic rings. The van der Waals surface area contributed by atoms with E-state index in [0.717, 1.165) is 18.2 Å². The van der Waals surface area contributed by atoms with E-state index in [4.69, 9.17) is 9.31 Å². The first kappa shape index (κ1) is 14.2. The van der Waals surface area contributed by atoms with Crippen LogP contribution in [0.25, 0.3) is 0 Å². The van der Waals surface area contributed by atoms with Crippen LogP contribution in [0.4, 0.5) is 13.2 Å². The third kappa shape index (κ3) is 3.22. The summed E-state index contributed by atoms with van der Waals surface area (Å²) in [5.41, 5.74) is -1.02. The van der Waals surface area contributed by atoms with Crippen molar-refractivity contribution in [1.82, 2.24) is 0 Å². The molecule has 0 amide bonds. The molecule has 1 heterocycles. The molecule has 0 aliphatic carbocycles. The minimum absolute atomic E-state index is 0.00493. The fourth-order valence-corrected chi connectivity index (χ4v) is 1.79. The summed E-state index contributed by atoms with van der Waals surface area (Å²) in [7, 11) is -0.963. The van der Waals surface area contributed by atoms with E-state index in [1.807, 2.05) is 13.8 Å². The molecule has 0 unspecified atom stereocenters. The van der Waals surface area contributed by atoms with Crippen LogP contribution < -0.4 is 5.46 Å². The van der Waals surface area contributed by atoms with Gasteiger partial charge in [0.2, 0.25) is 0 Å². The Morgan fingerprint density at radius 1 is 1.21 bits per heavy atom. The number of hydrogen-bond donors (Lipinski definition) is 1. The largest absolute Gasteiger partial charge is 0.508 e. The number of phenols is 1. The summed E-state index contributed by atoms with van der Waals surface area (Å²) in [5, 5.41) is 9.66. The normalized spacial score (nSPS) is 19.5. The van der Waals surface area contributed by atoms with Gasteiger partial charge in [-0.25, -0.2) is 0 Å². The Balaban J connectivity index is 2.25. The monoisotopic (exact) mass is 274 g/mol. The Kier molecular flexibility index (Phi) is 3.53. The Morgan fingerprint density at radius 2 is 1.79 bits per heavy atom. The standard InChI is InChI=1S/C12H14BF3O3/c1-11(2)6-18-13(19-7-11)9-5-8(12(14,15)16)3-4-10(9)17/h3-5,17H,6-7H2,1-2H3. The van der Waals surface area contributed by atoms with Crippen LogP contribution in [0, 0.1) is 5.41 Å². The zero-order chi connectivity index (χ0) is 14.3. The molecule has 0 atom stereocenters. The van der Waals surface area contributed by atoms with Crippen LogP contribution in [0.3, 0.4) is 0 Å². The van der Waals surface area contributed by atoms with Crippen molar-refractivity contribution in [2.45, 2.75) is 20.0 Å². The Bertz CT molecular complexity index is 464. The van der Waals surface area contributed by atoms with Crippen molar-refractivity contribution in [2.24, 2.45) is 5.41 Å². The molecule has 19 heavy (non-hydrogen) atoms. The number of hydrogen-bond acceptors (Lipinski definition) is 3. The molecule has 0 aromatic heterocycles. The molecule has 1 aliphatic rings. The first-order chi connectivity index (χ1) is 8.69. The summed E-state index contributed by atoms with van der Waals surface area (Å²) < 4.78 is 48.6. The van der Waals surface area contributed by atoms with Crippen LogP contribution >= 0.6 is 0 Å². The third-order valence-electron chi connectivity index (χ3n) is 2.86. The van der Waals surface area contributed by atoms with Crippen LogP contribution in [0.2, 0.25) is 0 Å². The SMILES string of the molecule is CC1(C)COB(c2cc(C(F)(F)F)ccc2O)OC1. The summed E-state index contributed by atoms with van der Waals surface area (Å²) in [6.07, 6.45) is -4.46. The van der Waals surface area contributed by atoms with Crippen molar-refractivity contribution in [3.05, 3.63) is 23.8 Å². The van der Waals surface area contributed by atoms with E-state index in [1.165, 1.54) is 0 Å². The lowest BCUT2D eigenvalue weighted by Crippen LogP contribution is -2.47. The first-order valence-electron chi connectivity index (χ1n) is 5.82. The number of benzene rings is 1. The lowest BCUT2D eigenvalue weighted by atomic mass is 9.74. The maximum absolute atomic E-state index is 12.6. The number of aromatic hydroxyl groups is 1. The van der Waals surface area contributed by atoms with Gasteiger partial charge in [0.25, 0.3) is 0 Å². The van der Waals surface area contributed by atoms with Gasteiger partial charge in [0.05, 0.1) is 5.56 Å². The predicted octanol–water partition coefficient (Wildman–Crippen LogP) is 2.18. The van der Waals surface area contributed by atoms with Crippen molar-refractivity contribution in [2.75, 3.05) is 13.2 Å². The maximum atomic E-state index is 12.6. The van der Waals surface area contributed by atoms with Gasteiger partial charge in [-0.2, -0.15) is 13.2 Å². The Labute approximate surface area is 109 Å². The molecular formula is C12H14BF3O3. The van der Waals surface area contributed by atoms with Gasteiger partial charge in [-0.05, 0) is 18.2 Å². The van der Waals surface area contributed by atoms with Gasteiger partial charge in [0.1, 0.15) is 5.75 Å². The second-order valence-electron chi connectivity index (χ2n) is 5.39. The average molecular weight is 274 g/mol. The number of halogens is 3. The smallest absolute Gasteiger partial charge is 0.497 e. The van der Waals surface area contributed by atoms with Crippen molar-refractivity contribution in [3.8, 4) is 5.75 Å². The lowest BCUT2D eigenvalue weighted by molar-refractivity contribution is -0.137. The van der Waals surface area contributed by atoms with Crippen LogP contribution in [-0.2, 0) is 15.5 Å². The molecule has 3 nitrogen and oxygen atoms in total. The second kappa shape index (κ2) is 4.72. The molecule has 0 saturated carbocycles. The third-order valence-corrected chi connectivity index (χ3v) is 2.86. The molecule has 0 spiro atoms. The van der Waals surface area contributed by atoms with Crippen LogP contribution in [0.15, 0.2) is 18.2 Å². The highest BCUT2D eigenvalue weighted by Crippen LogP contribution is 2.30. The van der Waals surface area contributed by atoms with Gasteiger partial charge in [0, 0.05) is 24.1 Å². The summed E-state index contributed by atoms with van der Waals surface area (Å²) in [4.78, 5) is 0.